The van der Waals surface area contributed by atoms with Crippen molar-refractivity contribution in [3.8, 4) is 0 Å². The van der Waals surface area contributed by atoms with Gasteiger partial charge in [0.15, 0.2) is 0 Å². The number of hydrogen-bond donors (Lipinski definition) is 0. The lowest BCUT2D eigenvalue weighted by Gasteiger charge is -2.26. The molecule has 0 spiro atoms. The molecule has 0 amide bonds. The smallest absolute Gasteiger partial charge is 0.374 e. The van der Waals surface area contributed by atoms with Crippen molar-refractivity contribution in [1.82, 2.24) is 0 Å². The molecule has 0 aliphatic heterocycles. The third-order valence-electron chi connectivity index (χ3n) is 3.21. The van der Waals surface area contributed by atoms with Crippen LogP contribution in [-0.2, 0) is 11.5 Å². The van der Waals surface area contributed by atoms with Gasteiger partial charge in [0.25, 0.3) is 0 Å². The molecular formula is C14H19BrF3N. The second-order valence-corrected chi connectivity index (χ2v) is 5.44. The normalized spacial score (nSPS) is 13.4. The quantitative estimate of drug-likeness (QED) is 0.677. The number of halogens is 4. The van der Waals surface area contributed by atoms with Crippen molar-refractivity contribution in [2.75, 3.05) is 18.5 Å². The van der Waals surface area contributed by atoms with E-state index in [0.29, 0.717) is 23.4 Å². The van der Waals surface area contributed by atoms with Gasteiger partial charge in [-0.1, -0.05) is 42.3 Å². The molecule has 0 aromatic heterocycles. The molecule has 1 atom stereocenters. The zero-order chi connectivity index (χ0) is 14.6. The van der Waals surface area contributed by atoms with Crippen LogP contribution >= 0.6 is 15.9 Å². The van der Waals surface area contributed by atoms with E-state index in [1.54, 1.807) is 24.1 Å². The van der Waals surface area contributed by atoms with Crippen molar-refractivity contribution >= 4 is 21.6 Å². The maximum absolute atomic E-state index is 13.1. The summed E-state index contributed by atoms with van der Waals surface area (Å²) in [5.74, 6) is 0.363. The molecule has 0 bridgehead atoms. The van der Waals surface area contributed by atoms with E-state index in [2.05, 4.69) is 15.9 Å². The Hall–Kier alpha value is -0.710. The zero-order valence-corrected chi connectivity index (χ0v) is 13.0. The van der Waals surface area contributed by atoms with Gasteiger partial charge in [-0.25, -0.2) is 0 Å². The molecule has 0 N–H and O–H groups in total. The molecule has 0 saturated carbocycles. The van der Waals surface area contributed by atoms with Crippen molar-refractivity contribution in [3.05, 3.63) is 29.3 Å². The third-order valence-corrected chi connectivity index (χ3v) is 3.86. The first kappa shape index (κ1) is 16.3. The summed E-state index contributed by atoms with van der Waals surface area (Å²) in [6, 6.07) is 4.51. The molecule has 1 rings (SSSR count). The Labute approximate surface area is 120 Å². The molecule has 108 valence electrons. The van der Waals surface area contributed by atoms with Gasteiger partial charge in [0.1, 0.15) is 0 Å². The Morgan fingerprint density at radius 1 is 1.32 bits per heavy atom. The molecule has 5 heteroatoms. The van der Waals surface area contributed by atoms with E-state index in [1.807, 2.05) is 13.8 Å². The molecule has 0 radical (unpaired) electrons. The van der Waals surface area contributed by atoms with Gasteiger partial charge in [-0.3, -0.25) is 0 Å². The topological polar surface area (TPSA) is 3.24 Å². The fourth-order valence-electron chi connectivity index (χ4n) is 1.92. The molecular weight excluding hydrogens is 319 g/mol. The van der Waals surface area contributed by atoms with Crippen LogP contribution < -0.4 is 4.90 Å². The van der Waals surface area contributed by atoms with Crippen LogP contribution in [0.5, 0.6) is 0 Å². The molecule has 0 saturated heterocycles. The second kappa shape index (κ2) is 6.64. The fraction of sp³-hybridized carbons (Fsp3) is 0.571. The van der Waals surface area contributed by atoms with Gasteiger partial charge >= 0.3 is 6.18 Å². The SMILES string of the molecule is CCC(C)CN(C)c1ccc(CBr)cc1C(F)(F)F. The lowest BCUT2D eigenvalue weighted by Crippen LogP contribution is -2.26. The Balaban J connectivity index is 3.12. The monoisotopic (exact) mass is 337 g/mol. The Morgan fingerprint density at radius 2 is 1.95 bits per heavy atom. The summed E-state index contributed by atoms with van der Waals surface area (Å²) in [6.07, 6.45) is -3.37. The molecule has 0 heterocycles. The van der Waals surface area contributed by atoms with E-state index in [9.17, 15) is 13.2 Å². The van der Waals surface area contributed by atoms with Gasteiger partial charge in [0.2, 0.25) is 0 Å². The average Bonchev–Trinajstić information content (AvgIpc) is 2.36. The van der Waals surface area contributed by atoms with Crippen LogP contribution in [0.15, 0.2) is 18.2 Å². The second-order valence-electron chi connectivity index (χ2n) is 4.88. The highest BCUT2D eigenvalue weighted by molar-refractivity contribution is 9.08. The summed E-state index contributed by atoms with van der Waals surface area (Å²) in [7, 11) is 1.71. The van der Waals surface area contributed by atoms with Crippen LogP contribution in [-0.4, -0.2) is 13.6 Å². The standard InChI is InChI=1S/C14H19BrF3N/c1-4-10(2)9-19(3)13-6-5-11(8-15)7-12(13)14(16,17)18/h5-7,10H,4,8-9H2,1-3H3. The van der Waals surface area contributed by atoms with E-state index in [0.717, 1.165) is 6.42 Å². The molecule has 1 unspecified atom stereocenters. The Bertz CT molecular complexity index is 418. The lowest BCUT2D eigenvalue weighted by atomic mass is 10.1. The predicted molar refractivity (Wildman–Crippen MR) is 76.8 cm³/mol. The highest BCUT2D eigenvalue weighted by Gasteiger charge is 2.34. The highest BCUT2D eigenvalue weighted by Crippen LogP contribution is 2.37. The van der Waals surface area contributed by atoms with Crippen molar-refractivity contribution in [2.24, 2.45) is 5.92 Å². The van der Waals surface area contributed by atoms with E-state index < -0.39 is 11.7 Å². The van der Waals surface area contributed by atoms with Crippen molar-refractivity contribution in [1.29, 1.82) is 0 Å². The number of benzene rings is 1. The van der Waals surface area contributed by atoms with Gasteiger partial charge < -0.3 is 4.90 Å². The van der Waals surface area contributed by atoms with E-state index in [-0.39, 0.29) is 5.69 Å². The van der Waals surface area contributed by atoms with Crippen molar-refractivity contribution in [3.63, 3.8) is 0 Å². The lowest BCUT2D eigenvalue weighted by molar-refractivity contribution is -0.137. The molecule has 19 heavy (non-hydrogen) atoms. The van der Waals surface area contributed by atoms with Gasteiger partial charge in [-0.15, -0.1) is 0 Å². The molecule has 1 nitrogen and oxygen atoms in total. The summed E-state index contributed by atoms with van der Waals surface area (Å²) in [6.45, 7) is 4.70. The first-order chi connectivity index (χ1) is 8.79. The zero-order valence-electron chi connectivity index (χ0n) is 11.4. The minimum atomic E-state index is -4.32. The number of nitrogens with zero attached hydrogens (tertiary/aromatic N) is 1. The average molecular weight is 338 g/mol. The predicted octanol–water partition coefficient (Wildman–Crippen LogP) is 5.08. The van der Waals surface area contributed by atoms with Crippen LogP contribution in [0.3, 0.4) is 0 Å². The van der Waals surface area contributed by atoms with Crippen molar-refractivity contribution in [2.45, 2.75) is 31.8 Å². The number of hydrogen-bond acceptors (Lipinski definition) is 1. The Kier molecular flexibility index (Phi) is 5.71. The maximum atomic E-state index is 13.1. The maximum Gasteiger partial charge on any atom is 0.418 e. The van der Waals surface area contributed by atoms with Crippen LogP contribution in [0.1, 0.15) is 31.4 Å². The summed E-state index contributed by atoms with van der Waals surface area (Å²) >= 11 is 3.19. The van der Waals surface area contributed by atoms with E-state index in [4.69, 9.17) is 0 Å². The van der Waals surface area contributed by atoms with Crippen LogP contribution in [0.25, 0.3) is 0 Å². The summed E-state index contributed by atoms with van der Waals surface area (Å²) in [5.41, 5.74) is 0.320. The minimum Gasteiger partial charge on any atom is -0.374 e. The van der Waals surface area contributed by atoms with Crippen LogP contribution in [0.4, 0.5) is 18.9 Å². The Morgan fingerprint density at radius 3 is 2.42 bits per heavy atom. The largest absolute Gasteiger partial charge is 0.418 e. The highest BCUT2D eigenvalue weighted by atomic mass is 79.9. The number of alkyl halides is 4. The first-order valence-corrected chi connectivity index (χ1v) is 7.39. The van der Waals surface area contributed by atoms with Gasteiger partial charge in [-0.2, -0.15) is 13.2 Å². The molecule has 1 aromatic carbocycles. The van der Waals surface area contributed by atoms with Crippen LogP contribution in [0.2, 0.25) is 0 Å². The molecule has 1 aromatic rings. The van der Waals surface area contributed by atoms with E-state index in [1.165, 1.54) is 6.07 Å². The van der Waals surface area contributed by atoms with Crippen LogP contribution in [0, 0.1) is 5.92 Å². The van der Waals surface area contributed by atoms with Crippen molar-refractivity contribution < 1.29 is 13.2 Å². The molecule has 0 fully saturated rings. The van der Waals surface area contributed by atoms with Gasteiger partial charge in [0, 0.05) is 24.6 Å². The summed E-state index contributed by atoms with van der Waals surface area (Å²) in [5, 5.41) is 0.422. The molecule has 0 aliphatic rings. The minimum absolute atomic E-state index is 0.248. The summed E-state index contributed by atoms with van der Waals surface area (Å²) < 4.78 is 39.3. The van der Waals surface area contributed by atoms with Gasteiger partial charge in [-0.05, 0) is 23.6 Å². The molecule has 0 aliphatic carbocycles. The first-order valence-electron chi connectivity index (χ1n) is 6.26. The number of anilines is 1. The van der Waals surface area contributed by atoms with E-state index >= 15 is 0 Å². The number of rotatable bonds is 5. The van der Waals surface area contributed by atoms with Gasteiger partial charge in [0.05, 0.1) is 5.56 Å². The third kappa shape index (κ3) is 4.41. The fourth-order valence-corrected chi connectivity index (χ4v) is 2.27. The summed E-state index contributed by atoms with van der Waals surface area (Å²) in [4.78, 5) is 1.69.